The fourth-order valence-corrected chi connectivity index (χ4v) is 2.80. The molecule has 0 radical (unpaired) electrons. The molecule has 1 aliphatic heterocycles. The molecule has 16 heavy (non-hydrogen) atoms. The van der Waals surface area contributed by atoms with Gasteiger partial charge in [0.2, 0.25) is 5.91 Å². The standard InChI is InChI=1S/C11H20N2O2S/c1-3-4-9-12-11(5-6-11)10(14)13(9)7-8-16(2)15/h9,12H,3-8H2,1-2H3. The van der Waals surface area contributed by atoms with Crippen LogP contribution in [0.4, 0.5) is 0 Å². The molecule has 1 saturated heterocycles. The molecule has 4 nitrogen and oxygen atoms in total. The Morgan fingerprint density at radius 2 is 2.25 bits per heavy atom. The summed E-state index contributed by atoms with van der Waals surface area (Å²) in [4.78, 5) is 14.1. The van der Waals surface area contributed by atoms with Crippen molar-refractivity contribution in [2.75, 3.05) is 18.6 Å². The van der Waals surface area contributed by atoms with E-state index in [-0.39, 0.29) is 17.6 Å². The molecule has 0 aromatic rings. The van der Waals surface area contributed by atoms with E-state index in [9.17, 15) is 9.00 Å². The number of carbonyl (C=O) groups excluding carboxylic acids is 1. The molecule has 1 heterocycles. The van der Waals surface area contributed by atoms with Crippen molar-refractivity contribution in [2.24, 2.45) is 0 Å². The summed E-state index contributed by atoms with van der Waals surface area (Å²) in [5, 5.41) is 3.44. The number of hydrogen-bond donors (Lipinski definition) is 1. The Morgan fingerprint density at radius 3 is 2.75 bits per heavy atom. The summed E-state index contributed by atoms with van der Waals surface area (Å²) in [7, 11) is -0.821. The van der Waals surface area contributed by atoms with Gasteiger partial charge in [-0.2, -0.15) is 0 Å². The van der Waals surface area contributed by atoms with E-state index in [2.05, 4.69) is 12.2 Å². The van der Waals surface area contributed by atoms with Crippen LogP contribution in [0.15, 0.2) is 0 Å². The molecule has 0 aromatic heterocycles. The summed E-state index contributed by atoms with van der Waals surface area (Å²) < 4.78 is 11.1. The highest BCUT2D eigenvalue weighted by molar-refractivity contribution is 7.84. The number of amides is 1. The maximum atomic E-state index is 12.2. The molecule has 2 fully saturated rings. The highest BCUT2D eigenvalue weighted by Crippen LogP contribution is 2.42. The van der Waals surface area contributed by atoms with Crippen molar-refractivity contribution in [1.29, 1.82) is 0 Å². The van der Waals surface area contributed by atoms with Crippen molar-refractivity contribution in [3.8, 4) is 0 Å². The van der Waals surface area contributed by atoms with Gasteiger partial charge in [0.15, 0.2) is 0 Å². The first-order valence-electron chi connectivity index (χ1n) is 5.98. The van der Waals surface area contributed by atoms with E-state index in [4.69, 9.17) is 0 Å². The van der Waals surface area contributed by atoms with E-state index in [1.54, 1.807) is 6.26 Å². The molecule has 92 valence electrons. The Balaban J connectivity index is 2.00. The number of nitrogens with one attached hydrogen (secondary N) is 1. The van der Waals surface area contributed by atoms with Crippen LogP contribution in [0.25, 0.3) is 0 Å². The smallest absolute Gasteiger partial charge is 0.244 e. The summed E-state index contributed by atoms with van der Waals surface area (Å²) in [6.07, 6.45) is 5.85. The second-order valence-electron chi connectivity index (χ2n) is 4.81. The summed E-state index contributed by atoms with van der Waals surface area (Å²) in [6, 6.07) is 0. The number of hydrogen-bond acceptors (Lipinski definition) is 3. The predicted molar refractivity (Wildman–Crippen MR) is 64.4 cm³/mol. The molecule has 0 bridgehead atoms. The van der Waals surface area contributed by atoms with E-state index >= 15 is 0 Å². The monoisotopic (exact) mass is 244 g/mol. The fourth-order valence-electron chi connectivity index (χ4n) is 2.34. The van der Waals surface area contributed by atoms with Gasteiger partial charge in [-0.3, -0.25) is 14.3 Å². The molecule has 1 spiro atoms. The maximum absolute atomic E-state index is 12.2. The molecule has 2 rings (SSSR count). The predicted octanol–water partition coefficient (Wildman–Crippen LogP) is 0.456. The third-order valence-electron chi connectivity index (χ3n) is 3.42. The van der Waals surface area contributed by atoms with Gasteiger partial charge in [-0.05, 0) is 19.3 Å². The van der Waals surface area contributed by atoms with Gasteiger partial charge in [-0.15, -0.1) is 0 Å². The summed E-state index contributed by atoms with van der Waals surface area (Å²) in [5.41, 5.74) is -0.227. The van der Waals surface area contributed by atoms with Crippen molar-refractivity contribution < 1.29 is 9.00 Å². The van der Waals surface area contributed by atoms with Crippen LogP contribution in [0.5, 0.6) is 0 Å². The first-order chi connectivity index (χ1) is 7.59. The van der Waals surface area contributed by atoms with E-state index in [1.165, 1.54) is 0 Å². The van der Waals surface area contributed by atoms with Gasteiger partial charge in [0.25, 0.3) is 0 Å². The Bertz CT molecular complexity index is 315. The van der Waals surface area contributed by atoms with Crippen LogP contribution in [0.3, 0.4) is 0 Å². The lowest BCUT2D eigenvalue weighted by Gasteiger charge is -2.23. The number of nitrogens with zero attached hydrogens (tertiary/aromatic N) is 1. The van der Waals surface area contributed by atoms with E-state index in [0.717, 1.165) is 25.7 Å². The Labute approximate surface area is 99.2 Å². The van der Waals surface area contributed by atoms with Crippen LogP contribution >= 0.6 is 0 Å². The van der Waals surface area contributed by atoms with Crippen LogP contribution in [-0.4, -0.2) is 45.3 Å². The molecule has 1 saturated carbocycles. The van der Waals surface area contributed by atoms with Gasteiger partial charge in [0.05, 0.1) is 11.7 Å². The summed E-state index contributed by atoms with van der Waals surface area (Å²) >= 11 is 0. The van der Waals surface area contributed by atoms with Crippen LogP contribution in [0, 0.1) is 0 Å². The molecular formula is C11H20N2O2S. The second-order valence-corrected chi connectivity index (χ2v) is 6.36. The minimum atomic E-state index is -0.821. The van der Waals surface area contributed by atoms with Gasteiger partial charge in [0, 0.05) is 29.4 Å². The maximum Gasteiger partial charge on any atom is 0.244 e. The highest BCUT2D eigenvalue weighted by Gasteiger charge is 2.58. The van der Waals surface area contributed by atoms with E-state index in [1.807, 2.05) is 4.90 Å². The third-order valence-corrected chi connectivity index (χ3v) is 4.18. The highest BCUT2D eigenvalue weighted by atomic mass is 32.2. The Morgan fingerprint density at radius 1 is 1.56 bits per heavy atom. The van der Waals surface area contributed by atoms with Crippen molar-refractivity contribution in [3.05, 3.63) is 0 Å². The summed E-state index contributed by atoms with van der Waals surface area (Å²) in [6.45, 7) is 2.75. The first kappa shape index (κ1) is 12.0. The average Bonchev–Trinajstić information content (AvgIpc) is 2.93. The van der Waals surface area contributed by atoms with Crippen molar-refractivity contribution in [3.63, 3.8) is 0 Å². The zero-order valence-electron chi connectivity index (χ0n) is 9.99. The lowest BCUT2D eigenvalue weighted by Crippen LogP contribution is -2.39. The van der Waals surface area contributed by atoms with Crippen molar-refractivity contribution in [2.45, 2.75) is 44.3 Å². The molecular weight excluding hydrogens is 224 g/mol. The number of rotatable bonds is 5. The number of carbonyl (C=O) groups is 1. The molecule has 2 unspecified atom stereocenters. The normalized spacial score (nSPS) is 28.8. The summed E-state index contributed by atoms with van der Waals surface area (Å²) in [5.74, 6) is 0.820. The largest absolute Gasteiger partial charge is 0.325 e. The lowest BCUT2D eigenvalue weighted by atomic mass is 10.2. The lowest BCUT2D eigenvalue weighted by molar-refractivity contribution is -0.130. The molecule has 2 atom stereocenters. The molecule has 1 N–H and O–H groups in total. The molecule has 0 aromatic carbocycles. The van der Waals surface area contributed by atoms with Gasteiger partial charge in [-0.1, -0.05) is 13.3 Å². The van der Waals surface area contributed by atoms with Gasteiger partial charge in [0.1, 0.15) is 0 Å². The SMILES string of the molecule is CCCC1NC2(CC2)C(=O)N1CCS(C)=O. The minimum Gasteiger partial charge on any atom is -0.325 e. The van der Waals surface area contributed by atoms with E-state index < -0.39 is 10.8 Å². The minimum absolute atomic E-state index is 0.170. The molecule has 1 amide bonds. The molecule has 1 aliphatic carbocycles. The fraction of sp³-hybridized carbons (Fsp3) is 0.909. The van der Waals surface area contributed by atoms with Crippen LogP contribution in [0.2, 0.25) is 0 Å². The van der Waals surface area contributed by atoms with Crippen molar-refractivity contribution >= 4 is 16.7 Å². The third kappa shape index (κ3) is 2.15. The van der Waals surface area contributed by atoms with Crippen molar-refractivity contribution in [1.82, 2.24) is 10.2 Å². The zero-order chi connectivity index (χ0) is 11.8. The van der Waals surface area contributed by atoms with Gasteiger partial charge in [-0.25, -0.2) is 0 Å². The Hall–Kier alpha value is -0.420. The van der Waals surface area contributed by atoms with Crippen LogP contribution in [0.1, 0.15) is 32.6 Å². The first-order valence-corrected chi connectivity index (χ1v) is 7.70. The second kappa shape index (κ2) is 4.45. The molecule has 5 heteroatoms. The van der Waals surface area contributed by atoms with E-state index in [0.29, 0.717) is 12.3 Å². The topological polar surface area (TPSA) is 49.4 Å². The zero-order valence-corrected chi connectivity index (χ0v) is 10.8. The van der Waals surface area contributed by atoms with Crippen LogP contribution in [-0.2, 0) is 15.6 Å². The van der Waals surface area contributed by atoms with Crippen LogP contribution < -0.4 is 5.32 Å². The molecule has 2 aliphatic rings. The average molecular weight is 244 g/mol. The Kier molecular flexibility index (Phi) is 3.35. The van der Waals surface area contributed by atoms with Gasteiger partial charge < -0.3 is 4.90 Å². The quantitative estimate of drug-likeness (QED) is 0.764. The van der Waals surface area contributed by atoms with Gasteiger partial charge >= 0.3 is 0 Å².